The molecule has 3 heterocycles. The molecule has 2 unspecified atom stereocenters. The predicted octanol–water partition coefficient (Wildman–Crippen LogP) is 4.28. The standard InChI is InChI=1S/C26H29N5O2S/c1-17-11-13-20(14-12-17)15-29-24(33)21-9-4-5-10-22(21)31-25(29)27-28-26(31)34-16-23(32)30-18(2)7-6-8-19(30)3/h4-5,9-14,18-19H,6-8,15-16H2,1-3H3. The number of nitrogens with zero attached hydrogens (tertiary/aromatic N) is 5. The van der Waals surface area contributed by atoms with Crippen LogP contribution < -0.4 is 5.56 Å². The van der Waals surface area contributed by atoms with Gasteiger partial charge in [0, 0.05) is 12.1 Å². The van der Waals surface area contributed by atoms with E-state index in [1.165, 1.54) is 23.7 Å². The Bertz CT molecular complexity index is 1400. The third-order valence-corrected chi connectivity index (χ3v) is 7.66. The first-order valence-corrected chi connectivity index (χ1v) is 12.8. The molecule has 1 aliphatic heterocycles. The molecule has 0 bridgehead atoms. The smallest absolute Gasteiger partial charge is 0.263 e. The van der Waals surface area contributed by atoms with E-state index in [1.807, 2.05) is 64.8 Å². The Balaban J connectivity index is 1.52. The Kier molecular flexibility index (Phi) is 6.16. The van der Waals surface area contributed by atoms with E-state index in [0.29, 0.717) is 28.6 Å². The van der Waals surface area contributed by atoms with Crippen molar-refractivity contribution in [2.75, 3.05) is 5.75 Å². The van der Waals surface area contributed by atoms with Crippen LogP contribution in [0.15, 0.2) is 58.5 Å². The number of carbonyl (C=O) groups excluding carboxylic acids is 1. The molecule has 2 aromatic heterocycles. The Labute approximate surface area is 202 Å². The minimum absolute atomic E-state index is 0.0975. The molecule has 4 aromatic rings. The van der Waals surface area contributed by atoms with Crippen LogP contribution in [0.4, 0.5) is 0 Å². The van der Waals surface area contributed by atoms with E-state index in [2.05, 4.69) is 24.0 Å². The molecular weight excluding hydrogens is 446 g/mol. The average Bonchev–Trinajstić information content (AvgIpc) is 3.25. The lowest BCUT2D eigenvalue weighted by Gasteiger charge is -2.39. The third-order valence-electron chi connectivity index (χ3n) is 6.75. The van der Waals surface area contributed by atoms with E-state index < -0.39 is 0 Å². The van der Waals surface area contributed by atoms with E-state index in [-0.39, 0.29) is 23.6 Å². The zero-order valence-corrected chi connectivity index (χ0v) is 20.6. The predicted molar refractivity (Wildman–Crippen MR) is 135 cm³/mol. The number of rotatable bonds is 5. The summed E-state index contributed by atoms with van der Waals surface area (Å²) in [5.74, 6) is 0.901. The molecule has 1 aliphatic rings. The monoisotopic (exact) mass is 475 g/mol. The summed E-state index contributed by atoms with van der Waals surface area (Å²) in [5.41, 5.74) is 2.84. The molecule has 1 fully saturated rings. The number of aryl methyl sites for hydroxylation is 1. The molecule has 0 spiro atoms. The van der Waals surface area contributed by atoms with Gasteiger partial charge in [0.2, 0.25) is 11.7 Å². The molecule has 176 valence electrons. The van der Waals surface area contributed by atoms with Gasteiger partial charge in [-0.2, -0.15) is 0 Å². The lowest BCUT2D eigenvalue weighted by molar-refractivity contribution is -0.134. The van der Waals surface area contributed by atoms with Gasteiger partial charge in [-0.05, 0) is 57.7 Å². The van der Waals surface area contributed by atoms with Crippen molar-refractivity contribution < 1.29 is 4.79 Å². The van der Waals surface area contributed by atoms with E-state index in [4.69, 9.17) is 0 Å². The Morgan fingerprint density at radius 2 is 1.74 bits per heavy atom. The van der Waals surface area contributed by atoms with Gasteiger partial charge in [-0.15, -0.1) is 10.2 Å². The summed E-state index contributed by atoms with van der Waals surface area (Å²) in [6, 6.07) is 16.2. The van der Waals surface area contributed by atoms with Crippen LogP contribution in [0.25, 0.3) is 16.7 Å². The van der Waals surface area contributed by atoms with E-state index in [1.54, 1.807) is 4.57 Å². The maximum absolute atomic E-state index is 13.4. The van der Waals surface area contributed by atoms with E-state index in [0.717, 1.165) is 23.9 Å². The fourth-order valence-corrected chi connectivity index (χ4v) is 5.77. The van der Waals surface area contributed by atoms with Gasteiger partial charge in [-0.1, -0.05) is 53.7 Å². The summed E-state index contributed by atoms with van der Waals surface area (Å²) in [7, 11) is 0. The van der Waals surface area contributed by atoms with Gasteiger partial charge < -0.3 is 4.90 Å². The summed E-state index contributed by atoms with van der Waals surface area (Å²) in [4.78, 5) is 28.5. The van der Waals surface area contributed by atoms with Crippen molar-refractivity contribution in [2.45, 2.75) is 63.8 Å². The van der Waals surface area contributed by atoms with Crippen molar-refractivity contribution in [1.29, 1.82) is 0 Å². The molecule has 7 nitrogen and oxygen atoms in total. The van der Waals surface area contributed by atoms with Crippen molar-refractivity contribution in [3.8, 4) is 0 Å². The van der Waals surface area contributed by atoms with Crippen LogP contribution in [0.5, 0.6) is 0 Å². The number of amides is 1. The minimum atomic E-state index is -0.0975. The van der Waals surface area contributed by atoms with Gasteiger partial charge in [0.25, 0.3) is 5.56 Å². The van der Waals surface area contributed by atoms with Gasteiger partial charge in [-0.25, -0.2) is 0 Å². The number of para-hydroxylation sites is 1. The fourth-order valence-electron chi connectivity index (χ4n) is 4.96. The second-order valence-electron chi connectivity index (χ2n) is 9.23. The highest BCUT2D eigenvalue weighted by molar-refractivity contribution is 7.99. The quantitative estimate of drug-likeness (QED) is 0.403. The molecule has 8 heteroatoms. The zero-order valence-electron chi connectivity index (χ0n) is 19.8. The van der Waals surface area contributed by atoms with E-state index in [9.17, 15) is 9.59 Å². The Morgan fingerprint density at radius 3 is 2.47 bits per heavy atom. The first-order chi connectivity index (χ1) is 16.4. The molecular formula is C26H29N5O2S. The molecule has 2 aromatic carbocycles. The highest BCUT2D eigenvalue weighted by atomic mass is 32.2. The van der Waals surface area contributed by atoms with Gasteiger partial charge in [0.1, 0.15) is 0 Å². The summed E-state index contributed by atoms with van der Waals surface area (Å²) < 4.78 is 3.58. The van der Waals surface area contributed by atoms with Gasteiger partial charge in [0.15, 0.2) is 5.16 Å². The Morgan fingerprint density at radius 1 is 1.03 bits per heavy atom. The molecule has 2 atom stereocenters. The third kappa shape index (κ3) is 4.11. The molecule has 1 saturated heterocycles. The van der Waals surface area contributed by atoms with Crippen LogP contribution in [0.1, 0.15) is 44.2 Å². The van der Waals surface area contributed by atoms with Crippen molar-refractivity contribution in [3.05, 3.63) is 70.0 Å². The average molecular weight is 476 g/mol. The van der Waals surface area contributed by atoms with Crippen LogP contribution >= 0.6 is 11.8 Å². The zero-order chi connectivity index (χ0) is 23.8. The molecule has 34 heavy (non-hydrogen) atoms. The first-order valence-electron chi connectivity index (χ1n) is 11.8. The molecule has 0 radical (unpaired) electrons. The molecule has 5 rings (SSSR count). The van der Waals surface area contributed by atoms with Crippen LogP contribution in [0.3, 0.4) is 0 Å². The number of piperidine rings is 1. The summed E-state index contributed by atoms with van der Waals surface area (Å²) in [6.07, 6.45) is 3.26. The van der Waals surface area contributed by atoms with Gasteiger partial charge >= 0.3 is 0 Å². The normalized spacial score (nSPS) is 18.6. The van der Waals surface area contributed by atoms with E-state index >= 15 is 0 Å². The van der Waals surface area contributed by atoms with Crippen LogP contribution in [0.2, 0.25) is 0 Å². The van der Waals surface area contributed by atoms with Crippen LogP contribution in [-0.4, -0.2) is 47.8 Å². The van der Waals surface area contributed by atoms with Gasteiger partial charge in [0.05, 0.1) is 23.2 Å². The number of benzene rings is 2. The van der Waals surface area contributed by atoms with Gasteiger partial charge in [-0.3, -0.25) is 18.6 Å². The number of fused-ring (bicyclic) bond motifs is 3. The minimum Gasteiger partial charge on any atom is -0.337 e. The highest BCUT2D eigenvalue weighted by Crippen LogP contribution is 2.26. The number of carbonyl (C=O) groups is 1. The largest absolute Gasteiger partial charge is 0.337 e. The van der Waals surface area contributed by atoms with Crippen LogP contribution in [-0.2, 0) is 11.3 Å². The summed E-state index contributed by atoms with van der Waals surface area (Å²) >= 11 is 1.38. The number of hydrogen-bond donors (Lipinski definition) is 0. The second kappa shape index (κ2) is 9.25. The molecule has 0 N–H and O–H groups in total. The summed E-state index contributed by atoms with van der Waals surface area (Å²) in [6.45, 7) is 6.70. The number of likely N-dealkylation sites (tertiary alicyclic amines) is 1. The first kappa shape index (κ1) is 22.7. The van der Waals surface area contributed by atoms with Crippen molar-refractivity contribution >= 4 is 34.3 Å². The maximum atomic E-state index is 13.4. The number of hydrogen-bond acceptors (Lipinski definition) is 5. The second-order valence-corrected chi connectivity index (χ2v) is 10.2. The Hall–Kier alpha value is -3.13. The van der Waals surface area contributed by atoms with Crippen LogP contribution in [0, 0.1) is 6.92 Å². The number of thioether (sulfide) groups is 1. The molecule has 0 saturated carbocycles. The molecule has 0 aliphatic carbocycles. The SMILES string of the molecule is Cc1ccc(Cn2c(=O)c3ccccc3n3c(SCC(=O)N4C(C)CCCC4C)nnc23)cc1. The summed E-state index contributed by atoms with van der Waals surface area (Å²) in [5, 5.41) is 10.0. The lowest BCUT2D eigenvalue weighted by Crippen LogP contribution is -2.48. The van der Waals surface area contributed by atoms with Crippen molar-refractivity contribution in [1.82, 2.24) is 24.1 Å². The molecule has 1 amide bonds. The lowest BCUT2D eigenvalue weighted by atomic mass is 9.98. The number of aromatic nitrogens is 4. The van der Waals surface area contributed by atoms with Crippen molar-refractivity contribution in [3.63, 3.8) is 0 Å². The topological polar surface area (TPSA) is 72.5 Å². The fraction of sp³-hybridized carbons (Fsp3) is 0.385. The highest BCUT2D eigenvalue weighted by Gasteiger charge is 2.29. The van der Waals surface area contributed by atoms with Crippen molar-refractivity contribution in [2.24, 2.45) is 0 Å². The maximum Gasteiger partial charge on any atom is 0.263 e.